The van der Waals surface area contributed by atoms with Gasteiger partial charge in [0.2, 0.25) is 0 Å². The molecule has 0 spiro atoms. The zero-order valence-corrected chi connectivity index (χ0v) is 13.2. The van der Waals surface area contributed by atoms with Crippen molar-refractivity contribution in [1.82, 2.24) is 5.32 Å². The number of nitrogens with one attached hydrogen (secondary N) is 1. The number of benzene rings is 1. The average Bonchev–Trinajstić information content (AvgIpc) is 2.48. The minimum absolute atomic E-state index is 0.0324. The number of ether oxygens (including phenoxy) is 2. The van der Waals surface area contributed by atoms with Gasteiger partial charge in [0, 0.05) is 17.7 Å². The second-order valence-electron chi connectivity index (χ2n) is 4.87. The number of nitro groups is 1. The molecule has 1 unspecified atom stereocenters. The van der Waals surface area contributed by atoms with Crippen molar-refractivity contribution in [2.75, 3.05) is 7.11 Å². The number of dihydropyridines is 1. The molecule has 6 nitrogen and oxygen atoms in total. The predicted octanol–water partition coefficient (Wildman–Crippen LogP) is 3.65. The Morgan fingerprint density at radius 3 is 2.54 bits per heavy atom. The molecule has 10 heteroatoms. The summed E-state index contributed by atoms with van der Waals surface area (Å²) in [5.74, 6) is -0.438. The van der Waals surface area contributed by atoms with Crippen molar-refractivity contribution in [3.05, 3.63) is 57.4 Å². The smallest absolute Gasteiger partial charge is 0.496 e. The molecule has 2 rings (SSSR count). The van der Waals surface area contributed by atoms with E-state index < -0.39 is 22.0 Å². The Morgan fingerprint density at radius 1 is 1.38 bits per heavy atom. The highest BCUT2D eigenvalue weighted by Gasteiger charge is 2.38. The van der Waals surface area contributed by atoms with Gasteiger partial charge in [-0.05, 0) is 24.6 Å². The highest BCUT2D eigenvalue weighted by Crippen LogP contribution is 2.43. The lowest BCUT2D eigenvalue weighted by molar-refractivity contribution is -0.419. The lowest BCUT2D eigenvalue weighted by Gasteiger charge is -2.32. The fraction of sp³-hybridized carbons (Fsp3) is 0.286. The Morgan fingerprint density at radius 2 is 2.04 bits per heavy atom. The molecule has 0 radical (unpaired) electrons. The summed E-state index contributed by atoms with van der Waals surface area (Å²) in [6, 6.07) is 3.41. The van der Waals surface area contributed by atoms with Crippen molar-refractivity contribution in [2.24, 2.45) is 0 Å². The number of rotatable bonds is 4. The maximum atomic E-state index is 12.3. The van der Waals surface area contributed by atoms with Gasteiger partial charge >= 0.3 is 6.36 Å². The first-order chi connectivity index (χ1) is 11.1. The molecule has 0 saturated heterocycles. The standard InChI is InChI=1S/C14H12ClF3N2O4/c1-8-5-9(20(21)22)7-19-13(8,15)11-4-3-10(6-12(11)23-2)24-14(16,17)18/h3-7,19H,1-2H3. The molecule has 0 bridgehead atoms. The van der Waals surface area contributed by atoms with Gasteiger partial charge in [-0.25, -0.2) is 0 Å². The number of methoxy groups -OCH3 is 1. The van der Waals surface area contributed by atoms with Crippen molar-refractivity contribution in [3.8, 4) is 11.5 Å². The molecular weight excluding hydrogens is 353 g/mol. The molecule has 0 aliphatic carbocycles. The van der Waals surface area contributed by atoms with Crippen LogP contribution in [0.15, 0.2) is 41.7 Å². The van der Waals surface area contributed by atoms with Crippen LogP contribution in [0.3, 0.4) is 0 Å². The molecule has 1 atom stereocenters. The van der Waals surface area contributed by atoms with Gasteiger partial charge in [-0.15, -0.1) is 13.2 Å². The van der Waals surface area contributed by atoms with Crippen molar-refractivity contribution in [2.45, 2.75) is 18.3 Å². The van der Waals surface area contributed by atoms with Crippen LogP contribution in [0, 0.1) is 10.1 Å². The van der Waals surface area contributed by atoms with Gasteiger partial charge in [0.05, 0.1) is 18.2 Å². The van der Waals surface area contributed by atoms with Crippen molar-refractivity contribution in [3.63, 3.8) is 0 Å². The average molecular weight is 365 g/mol. The van der Waals surface area contributed by atoms with Crippen LogP contribution in [-0.2, 0) is 5.00 Å². The van der Waals surface area contributed by atoms with E-state index in [4.69, 9.17) is 16.3 Å². The Bertz CT molecular complexity index is 733. The van der Waals surface area contributed by atoms with Crippen molar-refractivity contribution < 1.29 is 27.6 Å². The van der Waals surface area contributed by atoms with Gasteiger partial charge in [0.15, 0.2) is 5.00 Å². The third kappa shape index (κ3) is 3.56. The number of nitrogens with zero attached hydrogens (tertiary/aromatic N) is 1. The first-order valence-electron chi connectivity index (χ1n) is 6.51. The Balaban J connectivity index is 2.42. The van der Waals surface area contributed by atoms with Crippen LogP contribution >= 0.6 is 11.6 Å². The maximum Gasteiger partial charge on any atom is 0.573 e. The maximum absolute atomic E-state index is 12.3. The number of hydrogen-bond acceptors (Lipinski definition) is 5. The van der Waals surface area contributed by atoms with E-state index in [-0.39, 0.29) is 17.0 Å². The summed E-state index contributed by atoms with van der Waals surface area (Å²) in [6.45, 7) is 1.55. The minimum atomic E-state index is -4.84. The SMILES string of the molecule is COc1cc(OC(F)(F)F)ccc1C1(Cl)NC=C([N+](=O)[O-])C=C1C. The Kier molecular flexibility index (Phi) is 4.66. The fourth-order valence-corrected chi connectivity index (χ4v) is 2.46. The van der Waals surface area contributed by atoms with E-state index in [1.54, 1.807) is 6.92 Å². The highest BCUT2D eigenvalue weighted by molar-refractivity contribution is 6.26. The van der Waals surface area contributed by atoms with E-state index in [0.717, 1.165) is 18.3 Å². The number of halogens is 4. The van der Waals surface area contributed by atoms with E-state index >= 15 is 0 Å². The third-order valence-electron chi connectivity index (χ3n) is 3.32. The van der Waals surface area contributed by atoms with E-state index in [9.17, 15) is 23.3 Å². The molecule has 1 heterocycles. The molecule has 1 aliphatic rings. The van der Waals surface area contributed by atoms with Crippen molar-refractivity contribution >= 4 is 11.6 Å². The van der Waals surface area contributed by atoms with Gasteiger partial charge in [0.1, 0.15) is 11.5 Å². The van der Waals surface area contributed by atoms with Gasteiger partial charge in [-0.3, -0.25) is 10.1 Å². The molecule has 1 aromatic rings. The number of hydrogen-bond donors (Lipinski definition) is 1. The molecule has 0 amide bonds. The highest BCUT2D eigenvalue weighted by atomic mass is 35.5. The lowest BCUT2D eigenvalue weighted by Crippen LogP contribution is -2.38. The lowest BCUT2D eigenvalue weighted by atomic mass is 9.95. The summed E-state index contributed by atoms with van der Waals surface area (Å²) >= 11 is 6.50. The first kappa shape index (κ1) is 17.9. The van der Waals surface area contributed by atoms with Gasteiger partial charge in [-0.2, -0.15) is 0 Å². The summed E-state index contributed by atoms with van der Waals surface area (Å²) in [5, 5.41) is 13.5. The normalized spacial score (nSPS) is 20.6. The second-order valence-corrected chi connectivity index (χ2v) is 5.43. The van der Waals surface area contributed by atoms with E-state index in [0.29, 0.717) is 5.57 Å². The monoisotopic (exact) mass is 364 g/mol. The summed E-state index contributed by atoms with van der Waals surface area (Å²) in [6.07, 6.45) is -2.46. The Labute approximate surface area is 139 Å². The van der Waals surface area contributed by atoms with E-state index in [1.165, 1.54) is 19.3 Å². The molecule has 1 aliphatic heterocycles. The first-order valence-corrected chi connectivity index (χ1v) is 6.89. The molecular formula is C14H12ClF3N2O4. The van der Waals surface area contributed by atoms with Crippen LogP contribution in [0.4, 0.5) is 13.2 Å². The quantitative estimate of drug-likeness (QED) is 0.382. The van der Waals surface area contributed by atoms with Gasteiger partial charge in [0.25, 0.3) is 5.70 Å². The number of allylic oxidation sites excluding steroid dienone is 1. The van der Waals surface area contributed by atoms with Crippen molar-refractivity contribution in [1.29, 1.82) is 0 Å². The molecule has 24 heavy (non-hydrogen) atoms. The predicted molar refractivity (Wildman–Crippen MR) is 79.2 cm³/mol. The second kappa shape index (κ2) is 6.23. The third-order valence-corrected chi connectivity index (χ3v) is 3.93. The molecule has 0 aromatic heterocycles. The fourth-order valence-electron chi connectivity index (χ4n) is 2.20. The van der Waals surface area contributed by atoms with E-state index in [2.05, 4.69) is 10.1 Å². The molecule has 1 N–H and O–H groups in total. The van der Waals surface area contributed by atoms with Crippen LogP contribution in [-0.4, -0.2) is 18.4 Å². The zero-order valence-electron chi connectivity index (χ0n) is 12.5. The number of alkyl halides is 4. The molecule has 0 fully saturated rings. The largest absolute Gasteiger partial charge is 0.573 e. The topological polar surface area (TPSA) is 73.6 Å². The summed E-state index contributed by atoms with van der Waals surface area (Å²) < 4.78 is 45.8. The minimum Gasteiger partial charge on any atom is -0.496 e. The van der Waals surface area contributed by atoms with Crippen LogP contribution in [0.1, 0.15) is 12.5 Å². The summed E-state index contributed by atoms with van der Waals surface area (Å²) in [4.78, 5) is 8.82. The van der Waals surface area contributed by atoms with E-state index in [1.807, 2.05) is 0 Å². The van der Waals surface area contributed by atoms with Crippen LogP contribution in [0.5, 0.6) is 11.5 Å². The molecule has 130 valence electrons. The van der Waals surface area contributed by atoms with Crippen LogP contribution in [0.2, 0.25) is 0 Å². The van der Waals surface area contributed by atoms with Gasteiger partial charge < -0.3 is 14.8 Å². The molecule has 1 aromatic carbocycles. The van der Waals surface area contributed by atoms with Gasteiger partial charge in [-0.1, -0.05) is 11.6 Å². The van der Waals surface area contributed by atoms with Crippen LogP contribution in [0.25, 0.3) is 0 Å². The summed E-state index contributed by atoms with van der Waals surface area (Å²) in [7, 11) is 1.26. The Hall–Kier alpha value is -2.42. The van der Waals surface area contributed by atoms with Crippen LogP contribution < -0.4 is 14.8 Å². The molecule has 0 saturated carbocycles. The summed E-state index contributed by atoms with van der Waals surface area (Å²) in [5.41, 5.74) is 0.467. The zero-order chi connectivity index (χ0) is 18.1.